The van der Waals surface area contributed by atoms with E-state index in [1.54, 1.807) is 0 Å². The van der Waals surface area contributed by atoms with Crippen molar-refractivity contribution >= 4 is 0 Å². The third-order valence-corrected chi connectivity index (χ3v) is 0.129. The van der Waals surface area contributed by atoms with Gasteiger partial charge < -0.3 is 23.4 Å². The van der Waals surface area contributed by atoms with Crippen molar-refractivity contribution in [3.63, 3.8) is 0 Å². The second-order valence-electron chi connectivity index (χ2n) is 0.512. The summed E-state index contributed by atoms with van der Waals surface area (Å²) in [6, 6.07) is 0. The molecule has 0 aromatic carbocycles. The van der Waals surface area contributed by atoms with Gasteiger partial charge in [-0.15, -0.1) is 0 Å². The van der Waals surface area contributed by atoms with Crippen LogP contribution in [0, 0.1) is 7.43 Å². The molecular weight excluding hydrogens is 158 g/mol. The van der Waals surface area contributed by atoms with Crippen molar-refractivity contribution in [2.75, 3.05) is 20.3 Å². The van der Waals surface area contributed by atoms with Gasteiger partial charge in [0.25, 0.3) is 0 Å². The molecule has 0 rings (SSSR count). The average molecular weight is 172 g/mol. The predicted octanol–water partition coefficient (Wildman–Crippen LogP) is -1.13. The molecule has 0 aliphatic carbocycles. The molecule has 0 radical (unpaired) electrons. The Morgan fingerprint density at radius 1 is 1.44 bits per heavy atom. The number of hydrogen-bond acceptors (Lipinski definition) is 4. The van der Waals surface area contributed by atoms with Crippen molar-refractivity contribution < 1.29 is 33.9 Å². The number of nitrogens with two attached hydrogens (primary N) is 1. The van der Waals surface area contributed by atoms with Crippen LogP contribution in [0.3, 0.4) is 0 Å². The molecule has 0 saturated carbocycles. The van der Waals surface area contributed by atoms with E-state index in [9.17, 15) is 0 Å². The minimum absolute atomic E-state index is 0. The Morgan fingerprint density at radius 2 is 1.56 bits per heavy atom. The van der Waals surface area contributed by atoms with Crippen LogP contribution in [0.1, 0.15) is 0 Å². The Hall–Kier alpha value is 0.394. The molecule has 0 aromatic heterocycles. The fourth-order valence-electron chi connectivity index (χ4n) is 0. The molecule has 4 nitrogen and oxygen atoms in total. The van der Waals surface area contributed by atoms with E-state index < -0.39 is 0 Å². The molecule has 0 saturated heterocycles. The summed E-state index contributed by atoms with van der Waals surface area (Å²) < 4.78 is 8.25. The predicted molar refractivity (Wildman–Crippen MR) is 31.4 cm³/mol. The summed E-state index contributed by atoms with van der Waals surface area (Å²) in [6.07, 6.45) is 0. The van der Waals surface area contributed by atoms with E-state index in [0.29, 0.717) is 6.54 Å². The van der Waals surface area contributed by atoms with Crippen LogP contribution < -0.4 is 5.73 Å². The van der Waals surface area contributed by atoms with Crippen molar-refractivity contribution in [1.82, 2.24) is 0 Å². The van der Waals surface area contributed by atoms with Gasteiger partial charge in [0, 0.05) is 13.7 Å². The van der Waals surface area contributed by atoms with E-state index in [1.165, 1.54) is 0 Å². The summed E-state index contributed by atoms with van der Waals surface area (Å²) in [5, 5.41) is 14.8. The molecule has 0 aliphatic heterocycles. The van der Waals surface area contributed by atoms with E-state index in [2.05, 4.69) is 0 Å². The first-order valence-corrected chi connectivity index (χ1v) is 2.51. The van der Waals surface area contributed by atoms with Crippen LogP contribution in [0.25, 0.3) is 0 Å². The number of hydrogen-bond donors (Lipinski definition) is 3. The van der Waals surface area contributed by atoms with Crippen LogP contribution in [0.5, 0.6) is 0 Å². The SMILES string of the molecule is CO.NCCO.[CH3-].[O]=[Ti+]. The second kappa shape index (κ2) is 80.1. The van der Waals surface area contributed by atoms with Gasteiger partial charge in [0.15, 0.2) is 0 Å². The summed E-state index contributed by atoms with van der Waals surface area (Å²) in [5.41, 5.74) is 4.78. The molecule has 9 heavy (non-hydrogen) atoms. The third-order valence-electron chi connectivity index (χ3n) is 0.129. The molecule has 0 bridgehead atoms. The first-order valence-electron chi connectivity index (χ1n) is 1.88. The topological polar surface area (TPSA) is 83.6 Å². The van der Waals surface area contributed by atoms with Crippen LogP contribution in [0.4, 0.5) is 0 Å². The van der Waals surface area contributed by atoms with E-state index >= 15 is 0 Å². The maximum atomic E-state index is 8.25. The normalized spacial score (nSPS) is 4.67. The van der Waals surface area contributed by atoms with E-state index in [-0.39, 0.29) is 14.0 Å². The van der Waals surface area contributed by atoms with Gasteiger partial charge in [-0.05, 0) is 0 Å². The Labute approximate surface area is 67.8 Å². The standard InChI is InChI=1S/C2H7NO.CH4O.CH3.O.Ti/c3-1-2-4;1-2;;;/h4H,1-3H2;2H,1H3;1H3;;/q;;-1;;+1. The molecule has 0 unspecified atom stereocenters. The third kappa shape index (κ3) is 177. The molecule has 0 spiro atoms. The molecule has 5 heteroatoms. The van der Waals surface area contributed by atoms with Crippen LogP contribution in [-0.4, -0.2) is 30.5 Å². The van der Waals surface area contributed by atoms with E-state index in [4.69, 9.17) is 19.3 Å². The molecule has 0 amide bonds. The van der Waals surface area contributed by atoms with Crippen LogP contribution in [0.2, 0.25) is 0 Å². The molecule has 0 atom stereocenters. The van der Waals surface area contributed by atoms with Gasteiger partial charge >= 0.3 is 23.7 Å². The van der Waals surface area contributed by atoms with Gasteiger partial charge in [-0.1, -0.05) is 0 Å². The number of aliphatic hydroxyl groups is 2. The molecule has 0 aromatic rings. The van der Waals surface area contributed by atoms with Gasteiger partial charge in [-0.2, -0.15) is 0 Å². The monoisotopic (exact) mass is 172 g/mol. The van der Waals surface area contributed by atoms with Crippen molar-refractivity contribution in [2.24, 2.45) is 5.73 Å². The first kappa shape index (κ1) is 22.7. The Bertz CT molecular complexity index is 23.3. The Morgan fingerprint density at radius 3 is 1.56 bits per heavy atom. The molecule has 4 N–H and O–H groups in total. The first-order chi connectivity index (χ1) is 3.91. The maximum absolute atomic E-state index is 8.25. The zero-order valence-electron chi connectivity index (χ0n) is 5.79. The van der Waals surface area contributed by atoms with Gasteiger partial charge in [0.05, 0.1) is 6.61 Å². The molecule has 0 aliphatic rings. The zero-order valence-corrected chi connectivity index (χ0v) is 7.36. The summed E-state index contributed by atoms with van der Waals surface area (Å²) in [7, 11) is 1.00. The summed E-state index contributed by atoms with van der Waals surface area (Å²) in [5.74, 6) is 0. The Kier molecular flexibility index (Phi) is 202. The van der Waals surface area contributed by atoms with Gasteiger partial charge in [-0.25, -0.2) is 0 Å². The number of aliphatic hydroxyl groups excluding tert-OH is 2. The average Bonchev–Trinajstić information content (AvgIpc) is 1.96. The summed E-state index contributed by atoms with van der Waals surface area (Å²) in [6.45, 7) is 0.472. The van der Waals surface area contributed by atoms with Crippen molar-refractivity contribution in [2.45, 2.75) is 0 Å². The van der Waals surface area contributed by atoms with Crippen LogP contribution in [0.15, 0.2) is 0 Å². The van der Waals surface area contributed by atoms with E-state index in [0.717, 1.165) is 27.5 Å². The van der Waals surface area contributed by atoms with Crippen molar-refractivity contribution in [3.8, 4) is 0 Å². The van der Waals surface area contributed by atoms with Crippen molar-refractivity contribution in [1.29, 1.82) is 0 Å². The quantitative estimate of drug-likeness (QED) is 0.345. The van der Waals surface area contributed by atoms with Crippen molar-refractivity contribution in [3.05, 3.63) is 7.43 Å². The molecular formula is C4H14NO3Ti. The van der Waals surface area contributed by atoms with Gasteiger partial charge in [0.1, 0.15) is 0 Å². The van der Waals surface area contributed by atoms with E-state index in [1.807, 2.05) is 0 Å². The second-order valence-corrected chi connectivity index (χ2v) is 0.512. The molecule has 0 heterocycles. The Balaban J connectivity index is -0.0000000221. The fourth-order valence-corrected chi connectivity index (χ4v) is 0. The molecule has 57 valence electrons. The zero-order chi connectivity index (χ0) is 7.41. The summed E-state index contributed by atoms with van der Waals surface area (Å²) >= 11 is 0.750. The van der Waals surface area contributed by atoms with Crippen LogP contribution in [-0.2, 0) is 23.7 Å². The van der Waals surface area contributed by atoms with Gasteiger partial charge in [0.2, 0.25) is 0 Å². The summed E-state index contributed by atoms with van der Waals surface area (Å²) in [4.78, 5) is 0. The van der Waals surface area contributed by atoms with Gasteiger partial charge in [-0.3, -0.25) is 0 Å². The number of rotatable bonds is 1. The fraction of sp³-hybridized carbons (Fsp3) is 0.750. The minimum atomic E-state index is 0. The molecule has 0 fully saturated rings. The van der Waals surface area contributed by atoms with Crippen LogP contribution >= 0.6 is 0 Å².